The van der Waals surface area contributed by atoms with Crippen LogP contribution in [0.25, 0.3) is 0 Å². The molecular formula is C14H18O2. The molecule has 1 aromatic carbocycles. The lowest BCUT2D eigenvalue weighted by molar-refractivity contribution is 0.0183. The summed E-state index contributed by atoms with van der Waals surface area (Å²) in [5.74, 6) is 0. The molecule has 3 rings (SSSR count). The van der Waals surface area contributed by atoms with Gasteiger partial charge in [-0.1, -0.05) is 30.3 Å². The first-order valence-corrected chi connectivity index (χ1v) is 6.10. The molecule has 2 fully saturated rings. The van der Waals surface area contributed by atoms with Gasteiger partial charge in [-0.25, -0.2) is 0 Å². The average molecular weight is 218 g/mol. The summed E-state index contributed by atoms with van der Waals surface area (Å²) in [6.45, 7) is 2.94. The van der Waals surface area contributed by atoms with Crippen LogP contribution in [0, 0.1) is 0 Å². The number of rotatable bonds is 3. The molecule has 1 aliphatic heterocycles. The SMILES string of the molecule is C[C@@]12CC[C@H](OCc3ccccc3)CC1O2. The molecule has 0 radical (unpaired) electrons. The number of hydrogen-bond acceptors (Lipinski definition) is 2. The van der Waals surface area contributed by atoms with E-state index in [9.17, 15) is 0 Å². The predicted octanol–water partition coefficient (Wildman–Crippen LogP) is 2.91. The minimum Gasteiger partial charge on any atom is -0.373 e. The Balaban J connectivity index is 1.50. The van der Waals surface area contributed by atoms with E-state index in [0.717, 1.165) is 25.9 Å². The molecule has 3 atom stereocenters. The van der Waals surface area contributed by atoms with Crippen molar-refractivity contribution >= 4 is 0 Å². The minimum absolute atomic E-state index is 0.201. The lowest BCUT2D eigenvalue weighted by Gasteiger charge is -2.22. The van der Waals surface area contributed by atoms with Crippen molar-refractivity contribution in [2.24, 2.45) is 0 Å². The third kappa shape index (κ3) is 2.00. The van der Waals surface area contributed by atoms with Gasteiger partial charge in [0.25, 0.3) is 0 Å². The van der Waals surface area contributed by atoms with Crippen molar-refractivity contribution in [2.45, 2.75) is 50.6 Å². The van der Waals surface area contributed by atoms with Crippen LogP contribution in [0.1, 0.15) is 31.7 Å². The van der Waals surface area contributed by atoms with Crippen molar-refractivity contribution in [2.75, 3.05) is 0 Å². The van der Waals surface area contributed by atoms with E-state index in [1.54, 1.807) is 0 Å². The maximum absolute atomic E-state index is 5.93. The zero-order valence-electron chi connectivity index (χ0n) is 9.69. The van der Waals surface area contributed by atoms with Crippen LogP contribution in [0.3, 0.4) is 0 Å². The molecule has 1 heterocycles. The van der Waals surface area contributed by atoms with Gasteiger partial charge in [0.2, 0.25) is 0 Å². The van der Waals surface area contributed by atoms with Gasteiger partial charge < -0.3 is 9.47 Å². The number of fused-ring (bicyclic) bond motifs is 1. The number of epoxide rings is 1. The summed E-state index contributed by atoms with van der Waals surface area (Å²) in [4.78, 5) is 0. The van der Waals surface area contributed by atoms with E-state index >= 15 is 0 Å². The van der Waals surface area contributed by atoms with Gasteiger partial charge in [0.15, 0.2) is 0 Å². The van der Waals surface area contributed by atoms with Crippen molar-refractivity contribution in [3.63, 3.8) is 0 Å². The van der Waals surface area contributed by atoms with Crippen LogP contribution in [0.2, 0.25) is 0 Å². The molecule has 86 valence electrons. The van der Waals surface area contributed by atoms with Crippen LogP contribution in [-0.4, -0.2) is 17.8 Å². The Labute approximate surface area is 96.6 Å². The summed E-state index contributed by atoms with van der Waals surface area (Å²) in [6.07, 6.45) is 4.21. The van der Waals surface area contributed by atoms with Crippen molar-refractivity contribution in [3.05, 3.63) is 35.9 Å². The van der Waals surface area contributed by atoms with Gasteiger partial charge >= 0.3 is 0 Å². The van der Waals surface area contributed by atoms with Crippen LogP contribution in [-0.2, 0) is 16.1 Å². The third-order valence-electron chi connectivity index (χ3n) is 3.80. The van der Waals surface area contributed by atoms with E-state index in [1.807, 2.05) is 6.07 Å². The summed E-state index contributed by atoms with van der Waals surface area (Å²) < 4.78 is 11.6. The van der Waals surface area contributed by atoms with Crippen molar-refractivity contribution in [3.8, 4) is 0 Å². The first-order valence-electron chi connectivity index (χ1n) is 6.10. The summed E-state index contributed by atoms with van der Waals surface area (Å²) in [7, 11) is 0. The van der Waals surface area contributed by atoms with Gasteiger partial charge in [0.1, 0.15) is 0 Å². The summed E-state index contributed by atoms with van der Waals surface area (Å²) in [5, 5.41) is 0. The first kappa shape index (κ1) is 10.3. The highest BCUT2D eigenvalue weighted by atomic mass is 16.6. The molecule has 1 aromatic rings. The molecule has 2 heteroatoms. The molecule has 0 spiro atoms. The monoisotopic (exact) mass is 218 g/mol. The van der Waals surface area contributed by atoms with Gasteiger partial charge in [0, 0.05) is 6.42 Å². The summed E-state index contributed by atoms with van der Waals surface area (Å²) >= 11 is 0. The van der Waals surface area contributed by atoms with Crippen LogP contribution >= 0.6 is 0 Å². The predicted molar refractivity (Wildman–Crippen MR) is 62.1 cm³/mol. The highest BCUT2D eigenvalue weighted by Crippen LogP contribution is 2.47. The fourth-order valence-electron chi connectivity index (χ4n) is 2.55. The fraction of sp³-hybridized carbons (Fsp3) is 0.571. The Morgan fingerprint density at radius 1 is 1.38 bits per heavy atom. The van der Waals surface area contributed by atoms with E-state index in [-0.39, 0.29) is 5.60 Å². The number of benzene rings is 1. The Bertz CT molecular complexity index is 362. The standard InChI is InChI=1S/C14H18O2/c1-14-8-7-12(9-13(14)16-14)15-10-11-5-3-2-4-6-11/h2-6,12-13H,7-10H2,1H3/t12-,13?,14+/m0/s1. The third-order valence-corrected chi connectivity index (χ3v) is 3.80. The number of hydrogen-bond donors (Lipinski definition) is 0. The molecule has 16 heavy (non-hydrogen) atoms. The molecule has 0 bridgehead atoms. The molecule has 1 saturated heterocycles. The highest BCUT2D eigenvalue weighted by molar-refractivity contribution is 5.13. The van der Waals surface area contributed by atoms with Crippen molar-refractivity contribution in [1.82, 2.24) is 0 Å². The molecule has 1 saturated carbocycles. The van der Waals surface area contributed by atoms with Crippen LogP contribution in [0.4, 0.5) is 0 Å². The van der Waals surface area contributed by atoms with Crippen molar-refractivity contribution in [1.29, 1.82) is 0 Å². The fourth-order valence-corrected chi connectivity index (χ4v) is 2.55. The van der Waals surface area contributed by atoms with Gasteiger partial charge in [0.05, 0.1) is 24.4 Å². The molecular weight excluding hydrogens is 200 g/mol. The maximum Gasteiger partial charge on any atom is 0.0922 e. The van der Waals surface area contributed by atoms with Crippen LogP contribution in [0.15, 0.2) is 30.3 Å². The lowest BCUT2D eigenvalue weighted by atomic mass is 9.89. The molecule has 0 amide bonds. The molecule has 1 aliphatic carbocycles. The first-order chi connectivity index (χ1) is 7.76. The normalized spacial score (nSPS) is 36.8. The quantitative estimate of drug-likeness (QED) is 0.728. The maximum atomic E-state index is 5.93. The number of ether oxygens (including phenoxy) is 2. The average Bonchev–Trinajstić information content (AvgIpc) is 2.99. The Morgan fingerprint density at radius 3 is 2.94 bits per heavy atom. The zero-order valence-corrected chi connectivity index (χ0v) is 9.69. The lowest BCUT2D eigenvalue weighted by Crippen LogP contribution is -2.26. The van der Waals surface area contributed by atoms with E-state index in [4.69, 9.17) is 9.47 Å². The Morgan fingerprint density at radius 2 is 2.19 bits per heavy atom. The van der Waals surface area contributed by atoms with E-state index in [1.165, 1.54) is 5.56 Å². The van der Waals surface area contributed by atoms with Gasteiger partial charge in [-0.3, -0.25) is 0 Å². The second-order valence-corrected chi connectivity index (χ2v) is 5.11. The van der Waals surface area contributed by atoms with Crippen LogP contribution in [0.5, 0.6) is 0 Å². The van der Waals surface area contributed by atoms with E-state index < -0.39 is 0 Å². The molecule has 0 aromatic heterocycles. The molecule has 2 aliphatic rings. The van der Waals surface area contributed by atoms with Crippen LogP contribution < -0.4 is 0 Å². The smallest absolute Gasteiger partial charge is 0.0922 e. The minimum atomic E-state index is 0.201. The largest absolute Gasteiger partial charge is 0.373 e. The van der Waals surface area contributed by atoms with Gasteiger partial charge in [-0.15, -0.1) is 0 Å². The van der Waals surface area contributed by atoms with Gasteiger partial charge in [-0.2, -0.15) is 0 Å². The zero-order chi connectivity index (χ0) is 11.0. The molecule has 1 unspecified atom stereocenters. The molecule has 2 nitrogen and oxygen atoms in total. The van der Waals surface area contributed by atoms with E-state index in [0.29, 0.717) is 12.2 Å². The topological polar surface area (TPSA) is 21.8 Å². The molecule has 0 N–H and O–H groups in total. The van der Waals surface area contributed by atoms with Gasteiger partial charge in [-0.05, 0) is 25.3 Å². The van der Waals surface area contributed by atoms with Crippen molar-refractivity contribution < 1.29 is 9.47 Å². The van der Waals surface area contributed by atoms with E-state index in [2.05, 4.69) is 31.2 Å². The summed E-state index contributed by atoms with van der Waals surface area (Å²) in [5.41, 5.74) is 1.46. The highest BCUT2D eigenvalue weighted by Gasteiger charge is 2.55. The Hall–Kier alpha value is -0.860. The second-order valence-electron chi connectivity index (χ2n) is 5.11. The Kier molecular flexibility index (Phi) is 2.49. The second kappa shape index (κ2) is 3.86. The summed E-state index contributed by atoms with van der Waals surface area (Å²) in [6, 6.07) is 10.4.